The van der Waals surface area contributed by atoms with E-state index in [1.54, 1.807) is 11.1 Å². The summed E-state index contributed by atoms with van der Waals surface area (Å²) >= 11 is 0. The van der Waals surface area contributed by atoms with Gasteiger partial charge in [0.2, 0.25) is 5.91 Å². The van der Waals surface area contributed by atoms with E-state index in [1.165, 1.54) is 4.90 Å². The summed E-state index contributed by atoms with van der Waals surface area (Å²) in [6.45, 7) is -0.140. The molecule has 2 amide bonds. The number of carbonyl (C=O) groups excluding carboxylic acids is 2. The lowest BCUT2D eigenvalue weighted by Gasteiger charge is -2.33. The minimum absolute atomic E-state index is 0.104. The summed E-state index contributed by atoms with van der Waals surface area (Å²) in [5.41, 5.74) is 2.53. The van der Waals surface area contributed by atoms with Gasteiger partial charge >= 0.3 is 6.09 Å². The van der Waals surface area contributed by atoms with E-state index >= 15 is 0 Å². The average molecular weight is 426 g/mol. The molecule has 0 radical (unpaired) electrons. The van der Waals surface area contributed by atoms with Crippen LogP contribution in [0.5, 0.6) is 5.75 Å². The van der Waals surface area contributed by atoms with Crippen LogP contribution in [0.25, 0.3) is 10.9 Å². The lowest BCUT2D eigenvalue weighted by atomic mass is 10.2. The first-order valence-electron chi connectivity index (χ1n) is 9.96. The van der Waals surface area contributed by atoms with Crippen LogP contribution in [0.15, 0.2) is 48.8 Å². The normalized spacial score (nSPS) is 14.2. The van der Waals surface area contributed by atoms with E-state index in [-0.39, 0.29) is 19.1 Å². The number of aromatic nitrogens is 2. The smallest absolute Gasteiger partial charge is 0.410 e. The molecule has 0 saturated carbocycles. The molecule has 8 nitrogen and oxygen atoms in total. The lowest BCUT2D eigenvalue weighted by Crippen LogP contribution is -2.52. The SMILES string of the molecule is Cn1cc(N2CCN(C(=O)OCCF)CC2=O)c2ccc(OCc3ccccn3)cc21. The predicted molar refractivity (Wildman–Crippen MR) is 113 cm³/mol. The molecule has 1 aromatic carbocycles. The number of fused-ring (bicyclic) bond motifs is 1. The molecule has 162 valence electrons. The van der Waals surface area contributed by atoms with Gasteiger partial charge in [-0.05, 0) is 24.3 Å². The summed E-state index contributed by atoms with van der Waals surface area (Å²) in [7, 11) is 1.91. The fourth-order valence-electron chi connectivity index (χ4n) is 3.59. The largest absolute Gasteiger partial charge is 0.487 e. The van der Waals surface area contributed by atoms with Crippen LogP contribution in [0.2, 0.25) is 0 Å². The molecule has 4 rings (SSSR count). The molecule has 0 unspecified atom stereocenters. The number of anilines is 1. The van der Waals surface area contributed by atoms with Gasteiger partial charge in [0, 0.05) is 44.0 Å². The number of hydrogen-bond acceptors (Lipinski definition) is 5. The molecule has 9 heteroatoms. The summed E-state index contributed by atoms with van der Waals surface area (Å²) in [5, 5.41) is 0.912. The van der Waals surface area contributed by atoms with Crippen LogP contribution in [-0.2, 0) is 23.2 Å². The van der Waals surface area contributed by atoms with E-state index in [9.17, 15) is 14.0 Å². The van der Waals surface area contributed by atoms with Crippen molar-refractivity contribution in [1.29, 1.82) is 0 Å². The maximum Gasteiger partial charge on any atom is 0.410 e. The number of halogens is 1. The second-order valence-corrected chi connectivity index (χ2v) is 7.18. The molecule has 1 saturated heterocycles. The molecule has 0 aliphatic carbocycles. The van der Waals surface area contributed by atoms with E-state index in [0.29, 0.717) is 25.4 Å². The maximum absolute atomic E-state index is 12.7. The van der Waals surface area contributed by atoms with Crippen molar-refractivity contribution >= 4 is 28.6 Å². The number of benzene rings is 1. The average Bonchev–Trinajstić information content (AvgIpc) is 3.12. The van der Waals surface area contributed by atoms with Gasteiger partial charge in [0.05, 0.1) is 16.9 Å². The van der Waals surface area contributed by atoms with E-state index < -0.39 is 12.8 Å². The van der Waals surface area contributed by atoms with Crippen molar-refractivity contribution in [2.24, 2.45) is 7.05 Å². The van der Waals surface area contributed by atoms with Crippen molar-refractivity contribution < 1.29 is 23.5 Å². The number of alkyl halides is 1. The van der Waals surface area contributed by atoms with Gasteiger partial charge in [0.15, 0.2) is 0 Å². The highest BCUT2D eigenvalue weighted by Gasteiger charge is 2.30. The third-order valence-corrected chi connectivity index (χ3v) is 5.13. The Morgan fingerprint density at radius 3 is 2.84 bits per heavy atom. The van der Waals surface area contributed by atoms with Crippen LogP contribution in [-0.4, -0.2) is 59.4 Å². The van der Waals surface area contributed by atoms with E-state index in [0.717, 1.165) is 22.3 Å². The Kier molecular flexibility index (Phi) is 6.01. The Morgan fingerprint density at radius 2 is 2.10 bits per heavy atom. The molecule has 0 atom stereocenters. The molecule has 1 aliphatic heterocycles. The Bertz CT molecular complexity index is 1090. The van der Waals surface area contributed by atoms with Gasteiger partial charge in [0.1, 0.15) is 32.2 Å². The number of ether oxygens (including phenoxy) is 2. The monoisotopic (exact) mass is 426 g/mol. The number of hydrogen-bond donors (Lipinski definition) is 0. The molecule has 0 bridgehead atoms. The van der Waals surface area contributed by atoms with Gasteiger partial charge in [-0.25, -0.2) is 9.18 Å². The molecular weight excluding hydrogens is 403 g/mol. The van der Waals surface area contributed by atoms with E-state index in [1.807, 2.05) is 54.2 Å². The standard InChI is InChI=1S/C22H23FN4O4/c1-25-13-20(27-10-9-26(14-21(27)28)22(29)30-11-7-23)18-6-5-17(12-19(18)25)31-15-16-4-2-3-8-24-16/h2-6,8,12-13H,7,9-11,14-15H2,1H3. The second kappa shape index (κ2) is 9.03. The number of rotatable bonds is 6. The highest BCUT2D eigenvalue weighted by atomic mass is 19.1. The Morgan fingerprint density at radius 1 is 1.23 bits per heavy atom. The van der Waals surface area contributed by atoms with Gasteiger partial charge in [0.25, 0.3) is 0 Å². The number of piperazine rings is 1. The van der Waals surface area contributed by atoms with Crippen molar-refractivity contribution in [1.82, 2.24) is 14.5 Å². The quantitative estimate of drug-likeness (QED) is 0.606. The van der Waals surface area contributed by atoms with Crippen LogP contribution in [0.3, 0.4) is 0 Å². The fraction of sp³-hybridized carbons (Fsp3) is 0.318. The number of carbonyl (C=O) groups is 2. The summed E-state index contributed by atoms with van der Waals surface area (Å²) in [6.07, 6.45) is 2.95. The van der Waals surface area contributed by atoms with Crippen LogP contribution < -0.4 is 9.64 Å². The maximum atomic E-state index is 12.7. The molecule has 0 N–H and O–H groups in total. The van der Waals surface area contributed by atoms with Gasteiger partial charge in [-0.3, -0.25) is 14.7 Å². The van der Waals surface area contributed by atoms with Crippen molar-refractivity contribution in [2.45, 2.75) is 6.61 Å². The summed E-state index contributed by atoms with van der Waals surface area (Å²) in [6, 6.07) is 11.4. The molecule has 3 heterocycles. The summed E-state index contributed by atoms with van der Waals surface area (Å²) < 4.78 is 24.8. The highest BCUT2D eigenvalue weighted by Crippen LogP contribution is 2.32. The number of aryl methyl sites for hydroxylation is 1. The second-order valence-electron chi connectivity index (χ2n) is 7.18. The minimum Gasteiger partial charge on any atom is -0.487 e. The zero-order valence-corrected chi connectivity index (χ0v) is 17.2. The van der Waals surface area contributed by atoms with Crippen LogP contribution >= 0.6 is 0 Å². The third-order valence-electron chi connectivity index (χ3n) is 5.13. The predicted octanol–water partition coefficient (Wildman–Crippen LogP) is 2.91. The van der Waals surface area contributed by atoms with E-state index in [4.69, 9.17) is 9.47 Å². The lowest BCUT2D eigenvalue weighted by molar-refractivity contribution is -0.120. The Hall–Kier alpha value is -3.62. The molecule has 3 aromatic rings. The first-order chi connectivity index (χ1) is 15.1. The van der Waals surface area contributed by atoms with Crippen molar-refractivity contribution in [3.63, 3.8) is 0 Å². The summed E-state index contributed by atoms with van der Waals surface area (Å²) in [5.74, 6) is 0.490. The first-order valence-corrected chi connectivity index (χ1v) is 9.96. The Balaban J connectivity index is 1.48. The van der Waals surface area contributed by atoms with Crippen molar-refractivity contribution in [2.75, 3.05) is 37.8 Å². The molecular formula is C22H23FN4O4. The third kappa shape index (κ3) is 4.45. The number of pyridine rings is 1. The topological polar surface area (TPSA) is 76.9 Å². The molecule has 0 spiro atoms. The molecule has 31 heavy (non-hydrogen) atoms. The van der Waals surface area contributed by atoms with E-state index in [2.05, 4.69) is 4.98 Å². The molecule has 2 aromatic heterocycles. The van der Waals surface area contributed by atoms with Gasteiger partial charge in [-0.2, -0.15) is 0 Å². The van der Waals surface area contributed by atoms with Crippen molar-refractivity contribution in [3.8, 4) is 5.75 Å². The summed E-state index contributed by atoms with van der Waals surface area (Å²) in [4.78, 5) is 31.8. The number of amides is 2. The van der Waals surface area contributed by atoms with Gasteiger partial charge < -0.3 is 18.9 Å². The molecule has 1 fully saturated rings. The van der Waals surface area contributed by atoms with Crippen LogP contribution in [0, 0.1) is 0 Å². The highest BCUT2D eigenvalue weighted by molar-refractivity contribution is 6.05. The molecule has 1 aliphatic rings. The van der Waals surface area contributed by atoms with Crippen molar-refractivity contribution in [3.05, 3.63) is 54.5 Å². The zero-order valence-electron chi connectivity index (χ0n) is 17.2. The van der Waals surface area contributed by atoms with Gasteiger partial charge in [-0.1, -0.05) is 6.07 Å². The zero-order chi connectivity index (χ0) is 21.8. The minimum atomic E-state index is -0.747. The fourth-order valence-corrected chi connectivity index (χ4v) is 3.59. The van der Waals surface area contributed by atoms with Crippen LogP contribution in [0.1, 0.15) is 5.69 Å². The van der Waals surface area contributed by atoms with Gasteiger partial charge in [-0.15, -0.1) is 0 Å². The Labute approximate surface area is 178 Å². The number of nitrogens with zero attached hydrogens (tertiary/aromatic N) is 4. The first kappa shape index (κ1) is 20.6. The van der Waals surface area contributed by atoms with Crippen LogP contribution in [0.4, 0.5) is 14.9 Å².